The second-order valence-corrected chi connectivity index (χ2v) is 5.77. The monoisotopic (exact) mass is 334 g/mol. The maximum Gasteiger partial charge on any atom is 0.192 e. The van der Waals surface area contributed by atoms with Crippen molar-refractivity contribution in [3.8, 4) is 0 Å². The predicted octanol–water partition coefficient (Wildman–Crippen LogP) is 2.59. The normalized spacial score (nSPS) is 13.0. The summed E-state index contributed by atoms with van der Waals surface area (Å²) in [5.41, 5.74) is 1.15. The zero-order valence-corrected chi connectivity index (χ0v) is 14.7. The predicted molar refractivity (Wildman–Crippen MR) is 93.6 cm³/mol. The number of hydrogen-bond acceptors (Lipinski definition) is 3. The summed E-state index contributed by atoms with van der Waals surface area (Å²) in [5.74, 6) is 2.46. The number of nitrogens with one attached hydrogen (secondary N) is 2. The lowest BCUT2D eigenvalue weighted by molar-refractivity contribution is 0.681. The second kappa shape index (κ2) is 7.97. The topological polar surface area (TPSA) is 67.1 Å². The molecule has 2 N–H and O–H groups in total. The first-order chi connectivity index (χ1) is 11.0. The molecule has 1 heterocycles. The van der Waals surface area contributed by atoms with Crippen LogP contribution in [0.15, 0.2) is 29.3 Å². The average molecular weight is 335 g/mol. The van der Waals surface area contributed by atoms with Gasteiger partial charge < -0.3 is 15.2 Å². The fourth-order valence-electron chi connectivity index (χ4n) is 2.10. The molecule has 0 fully saturated rings. The first-order valence-corrected chi connectivity index (χ1v) is 8.04. The molecule has 1 aromatic heterocycles. The molecule has 0 aliphatic rings. The maximum absolute atomic E-state index is 5.93. The lowest BCUT2D eigenvalue weighted by Gasteiger charge is -2.18. The quantitative estimate of drug-likeness (QED) is 0.651. The van der Waals surface area contributed by atoms with E-state index >= 15 is 0 Å². The van der Waals surface area contributed by atoms with Crippen LogP contribution in [0.5, 0.6) is 0 Å². The number of halogens is 1. The highest BCUT2D eigenvalue weighted by molar-refractivity contribution is 6.30. The van der Waals surface area contributed by atoms with Crippen LogP contribution in [0, 0.1) is 6.92 Å². The molecule has 0 saturated heterocycles. The van der Waals surface area contributed by atoms with Crippen LogP contribution in [0.25, 0.3) is 0 Å². The fourth-order valence-corrected chi connectivity index (χ4v) is 2.22. The number of aliphatic imine (C=N–C) groups is 1. The van der Waals surface area contributed by atoms with Crippen LogP contribution in [-0.2, 0) is 13.6 Å². The van der Waals surface area contributed by atoms with E-state index in [1.807, 2.05) is 49.7 Å². The number of benzene rings is 1. The van der Waals surface area contributed by atoms with Gasteiger partial charge in [0, 0.05) is 18.6 Å². The third kappa shape index (κ3) is 4.69. The van der Waals surface area contributed by atoms with E-state index < -0.39 is 0 Å². The van der Waals surface area contributed by atoms with Gasteiger partial charge in [0.15, 0.2) is 11.8 Å². The van der Waals surface area contributed by atoms with Gasteiger partial charge in [0.1, 0.15) is 12.4 Å². The van der Waals surface area contributed by atoms with E-state index in [9.17, 15) is 0 Å². The molecular formula is C16H23ClN6. The smallest absolute Gasteiger partial charge is 0.192 e. The number of aromatic nitrogens is 3. The van der Waals surface area contributed by atoms with Gasteiger partial charge in [-0.1, -0.05) is 23.7 Å². The zero-order chi connectivity index (χ0) is 16.8. The van der Waals surface area contributed by atoms with Gasteiger partial charge in [-0.15, -0.1) is 10.2 Å². The van der Waals surface area contributed by atoms with Crippen molar-refractivity contribution < 1.29 is 0 Å². The molecule has 2 aromatic rings. The Labute approximate surface area is 142 Å². The van der Waals surface area contributed by atoms with Gasteiger partial charge in [-0.2, -0.15) is 0 Å². The minimum absolute atomic E-state index is 0.117. The molecule has 0 aliphatic carbocycles. The highest BCUT2D eigenvalue weighted by atomic mass is 35.5. The van der Waals surface area contributed by atoms with Crippen LogP contribution >= 0.6 is 11.6 Å². The Bertz CT molecular complexity index is 662. The van der Waals surface area contributed by atoms with E-state index in [2.05, 4.69) is 32.7 Å². The van der Waals surface area contributed by atoms with Crippen LogP contribution in [0.4, 0.5) is 0 Å². The summed E-state index contributed by atoms with van der Waals surface area (Å²) in [6.45, 7) is 7.31. The van der Waals surface area contributed by atoms with Gasteiger partial charge in [0.05, 0.1) is 6.04 Å². The average Bonchev–Trinajstić information content (AvgIpc) is 2.85. The lowest BCUT2D eigenvalue weighted by atomic mass is 10.1. The van der Waals surface area contributed by atoms with Crippen molar-refractivity contribution in [2.24, 2.45) is 12.0 Å². The van der Waals surface area contributed by atoms with Crippen molar-refractivity contribution in [3.63, 3.8) is 0 Å². The Balaban J connectivity index is 2.06. The largest absolute Gasteiger partial charge is 0.357 e. The summed E-state index contributed by atoms with van der Waals surface area (Å²) in [5, 5.41) is 15.5. The third-order valence-corrected chi connectivity index (χ3v) is 3.88. The minimum Gasteiger partial charge on any atom is -0.357 e. The van der Waals surface area contributed by atoms with E-state index in [0.29, 0.717) is 6.54 Å². The standard InChI is InChI=1S/C16H23ClN6/c1-5-18-16(19-10-15-22-21-12(3)23(15)4)20-11(2)13-6-8-14(17)9-7-13/h6-9,11H,5,10H2,1-4H3,(H2,18,19,20). The van der Waals surface area contributed by atoms with Gasteiger partial charge in [0.25, 0.3) is 0 Å². The van der Waals surface area contributed by atoms with Crippen LogP contribution in [0.2, 0.25) is 5.02 Å². The molecular weight excluding hydrogens is 312 g/mol. The summed E-state index contributed by atoms with van der Waals surface area (Å²) in [6, 6.07) is 7.92. The summed E-state index contributed by atoms with van der Waals surface area (Å²) >= 11 is 5.93. The molecule has 124 valence electrons. The molecule has 0 saturated carbocycles. The number of aryl methyl sites for hydroxylation is 1. The van der Waals surface area contributed by atoms with Crippen molar-refractivity contribution in [1.29, 1.82) is 0 Å². The van der Waals surface area contributed by atoms with E-state index in [-0.39, 0.29) is 6.04 Å². The Hall–Kier alpha value is -2.08. The van der Waals surface area contributed by atoms with Crippen LogP contribution in [-0.4, -0.2) is 27.3 Å². The van der Waals surface area contributed by atoms with Gasteiger partial charge >= 0.3 is 0 Å². The summed E-state index contributed by atoms with van der Waals surface area (Å²) in [6.07, 6.45) is 0. The molecule has 1 atom stereocenters. The summed E-state index contributed by atoms with van der Waals surface area (Å²) < 4.78 is 1.94. The Kier molecular flexibility index (Phi) is 5.98. The van der Waals surface area contributed by atoms with Crippen LogP contribution in [0.3, 0.4) is 0 Å². The van der Waals surface area contributed by atoms with Crippen molar-refractivity contribution in [2.45, 2.75) is 33.4 Å². The van der Waals surface area contributed by atoms with E-state index in [1.165, 1.54) is 0 Å². The summed E-state index contributed by atoms with van der Waals surface area (Å²) in [4.78, 5) is 4.59. The third-order valence-electron chi connectivity index (χ3n) is 3.63. The maximum atomic E-state index is 5.93. The van der Waals surface area contributed by atoms with Gasteiger partial charge in [-0.25, -0.2) is 4.99 Å². The molecule has 0 spiro atoms. The van der Waals surface area contributed by atoms with Gasteiger partial charge in [0.2, 0.25) is 0 Å². The molecule has 0 radical (unpaired) electrons. The first-order valence-electron chi connectivity index (χ1n) is 7.66. The molecule has 0 amide bonds. The molecule has 7 heteroatoms. The van der Waals surface area contributed by atoms with Gasteiger partial charge in [-0.05, 0) is 38.5 Å². The van der Waals surface area contributed by atoms with Crippen LogP contribution in [0.1, 0.15) is 37.1 Å². The highest BCUT2D eigenvalue weighted by Gasteiger charge is 2.09. The molecule has 0 bridgehead atoms. The van der Waals surface area contributed by atoms with Crippen molar-refractivity contribution in [1.82, 2.24) is 25.4 Å². The SMILES string of the molecule is CCNC(=NCc1nnc(C)n1C)NC(C)c1ccc(Cl)cc1. The van der Waals surface area contributed by atoms with Crippen molar-refractivity contribution in [2.75, 3.05) is 6.54 Å². The Morgan fingerprint density at radius 1 is 1.30 bits per heavy atom. The van der Waals surface area contributed by atoms with Crippen LogP contribution < -0.4 is 10.6 Å². The van der Waals surface area contributed by atoms with E-state index in [1.54, 1.807) is 0 Å². The lowest BCUT2D eigenvalue weighted by Crippen LogP contribution is -2.38. The number of guanidine groups is 1. The molecule has 0 aliphatic heterocycles. The molecule has 2 rings (SSSR count). The van der Waals surface area contributed by atoms with Crippen molar-refractivity contribution in [3.05, 3.63) is 46.5 Å². The van der Waals surface area contributed by atoms with Gasteiger partial charge in [-0.3, -0.25) is 0 Å². The molecule has 23 heavy (non-hydrogen) atoms. The van der Waals surface area contributed by atoms with E-state index in [4.69, 9.17) is 11.6 Å². The Morgan fingerprint density at radius 2 is 2.00 bits per heavy atom. The van der Waals surface area contributed by atoms with E-state index in [0.717, 1.165) is 34.7 Å². The first kappa shape index (κ1) is 17.3. The summed E-state index contributed by atoms with van der Waals surface area (Å²) in [7, 11) is 1.94. The second-order valence-electron chi connectivity index (χ2n) is 5.34. The number of hydrogen-bond donors (Lipinski definition) is 2. The molecule has 6 nitrogen and oxygen atoms in total. The highest BCUT2D eigenvalue weighted by Crippen LogP contribution is 2.15. The zero-order valence-electron chi connectivity index (χ0n) is 14.0. The molecule has 1 aromatic carbocycles. The number of nitrogens with zero attached hydrogens (tertiary/aromatic N) is 4. The fraction of sp³-hybridized carbons (Fsp3) is 0.438. The number of rotatable bonds is 5. The van der Waals surface area contributed by atoms with Crippen molar-refractivity contribution >= 4 is 17.6 Å². The molecule has 1 unspecified atom stereocenters. The Morgan fingerprint density at radius 3 is 2.57 bits per heavy atom. The minimum atomic E-state index is 0.117.